The number of benzene rings is 1. The van der Waals surface area contributed by atoms with Crippen molar-refractivity contribution in [3.05, 3.63) is 57.4 Å². The van der Waals surface area contributed by atoms with Gasteiger partial charge in [0.1, 0.15) is 0 Å². The van der Waals surface area contributed by atoms with Crippen molar-refractivity contribution in [3.8, 4) is 0 Å². The van der Waals surface area contributed by atoms with Crippen LogP contribution in [0.1, 0.15) is 42.5 Å². The summed E-state index contributed by atoms with van der Waals surface area (Å²) in [7, 11) is 0. The van der Waals surface area contributed by atoms with Gasteiger partial charge in [-0.05, 0) is 45.4 Å². The molecule has 0 radical (unpaired) electrons. The van der Waals surface area contributed by atoms with E-state index in [1.807, 2.05) is 36.9 Å². The third kappa shape index (κ3) is 2.99. The van der Waals surface area contributed by atoms with E-state index in [4.69, 9.17) is 11.6 Å². The van der Waals surface area contributed by atoms with Gasteiger partial charge in [-0.3, -0.25) is 9.48 Å². The molecule has 0 atom stereocenters. The van der Waals surface area contributed by atoms with Crippen molar-refractivity contribution in [3.63, 3.8) is 0 Å². The molecule has 0 bridgehead atoms. The van der Waals surface area contributed by atoms with Crippen LogP contribution in [0, 0.1) is 13.8 Å². The molecule has 0 saturated heterocycles. The highest BCUT2D eigenvalue weighted by atomic mass is 35.5. The lowest BCUT2D eigenvalue weighted by molar-refractivity contribution is 0.529. The van der Waals surface area contributed by atoms with E-state index in [9.17, 15) is 4.79 Å². The van der Waals surface area contributed by atoms with E-state index in [0.29, 0.717) is 21.8 Å². The van der Waals surface area contributed by atoms with Crippen molar-refractivity contribution in [2.24, 2.45) is 0 Å². The lowest BCUT2D eigenvalue weighted by Crippen LogP contribution is -2.11. The predicted molar refractivity (Wildman–Crippen MR) is 98.2 cm³/mol. The van der Waals surface area contributed by atoms with Crippen molar-refractivity contribution in [2.75, 3.05) is 0 Å². The first-order valence-corrected chi connectivity index (χ1v) is 8.17. The third-order valence-electron chi connectivity index (χ3n) is 3.93. The summed E-state index contributed by atoms with van der Waals surface area (Å²) in [6.45, 7) is 7.97. The standard InChI is InChI=1S/C18H19ClN4O/c1-10(2)23-9-13(12(4)22-23)8-15(19)17-20-16-11(3)6-5-7-14(16)18(24)21-17/h5-10H,1-4H3,(H,20,21,24). The second kappa shape index (κ2) is 6.24. The minimum atomic E-state index is -0.195. The molecule has 6 heteroatoms. The first-order chi connectivity index (χ1) is 11.4. The van der Waals surface area contributed by atoms with Gasteiger partial charge >= 0.3 is 0 Å². The molecule has 0 aliphatic heterocycles. The van der Waals surface area contributed by atoms with Gasteiger partial charge in [0.2, 0.25) is 0 Å². The van der Waals surface area contributed by atoms with E-state index in [1.165, 1.54) is 0 Å². The maximum atomic E-state index is 12.3. The average Bonchev–Trinajstić information content (AvgIpc) is 2.89. The van der Waals surface area contributed by atoms with Crippen molar-refractivity contribution in [1.82, 2.24) is 19.7 Å². The fourth-order valence-corrected chi connectivity index (χ4v) is 2.73. The summed E-state index contributed by atoms with van der Waals surface area (Å²) >= 11 is 6.42. The Labute approximate surface area is 145 Å². The molecule has 1 aromatic carbocycles. The summed E-state index contributed by atoms with van der Waals surface area (Å²) < 4.78 is 1.88. The number of aryl methyl sites for hydroxylation is 2. The lowest BCUT2D eigenvalue weighted by atomic mass is 10.1. The van der Waals surface area contributed by atoms with Gasteiger partial charge in [0, 0.05) is 17.8 Å². The van der Waals surface area contributed by atoms with Crippen LogP contribution < -0.4 is 5.56 Å². The molecule has 0 spiro atoms. The van der Waals surface area contributed by atoms with E-state index in [1.54, 1.807) is 12.1 Å². The predicted octanol–water partition coefficient (Wildman–Crippen LogP) is 4.05. The van der Waals surface area contributed by atoms with Crippen LogP contribution >= 0.6 is 11.6 Å². The number of aromatic nitrogens is 4. The van der Waals surface area contributed by atoms with Gasteiger partial charge in [0.25, 0.3) is 5.56 Å². The van der Waals surface area contributed by atoms with Crippen LogP contribution in [0.3, 0.4) is 0 Å². The first kappa shape index (κ1) is 16.5. The number of rotatable bonds is 3. The van der Waals surface area contributed by atoms with Crippen LogP contribution in [0.15, 0.2) is 29.2 Å². The number of hydrogen-bond acceptors (Lipinski definition) is 3. The average molecular weight is 343 g/mol. The van der Waals surface area contributed by atoms with Crippen molar-refractivity contribution >= 4 is 33.6 Å². The summed E-state index contributed by atoms with van der Waals surface area (Å²) in [5.74, 6) is 0.361. The Morgan fingerprint density at radius 3 is 2.75 bits per heavy atom. The molecular weight excluding hydrogens is 324 g/mol. The molecule has 1 N–H and O–H groups in total. The number of para-hydroxylation sites is 1. The summed E-state index contributed by atoms with van der Waals surface area (Å²) in [6, 6.07) is 5.79. The number of nitrogens with zero attached hydrogens (tertiary/aromatic N) is 3. The molecular formula is C18H19ClN4O. The van der Waals surface area contributed by atoms with Crippen LogP contribution in [-0.2, 0) is 0 Å². The Balaban J connectivity index is 2.10. The monoisotopic (exact) mass is 342 g/mol. The SMILES string of the molecule is Cc1nn(C(C)C)cc1C=C(Cl)c1nc2c(C)cccc2c(=O)[nH]1. The largest absolute Gasteiger partial charge is 0.305 e. The van der Waals surface area contributed by atoms with Gasteiger partial charge in [0.15, 0.2) is 5.82 Å². The van der Waals surface area contributed by atoms with Gasteiger partial charge in [-0.25, -0.2) is 4.98 Å². The molecule has 2 aromatic heterocycles. The summed E-state index contributed by atoms with van der Waals surface area (Å²) in [5.41, 5.74) is 3.19. The van der Waals surface area contributed by atoms with Crippen LogP contribution in [-0.4, -0.2) is 19.7 Å². The Hall–Kier alpha value is -2.40. The highest BCUT2D eigenvalue weighted by molar-refractivity contribution is 6.50. The number of halogens is 1. The van der Waals surface area contributed by atoms with E-state index in [0.717, 1.165) is 16.8 Å². The van der Waals surface area contributed by atoms with Gasteiger partial charge in [0.05, 0.1) is 21.6 Å². The maximum absolute atomic E-state index is 12.3. The van der Waals surface area contributed by atoms with E-state index in [2.05, 4.69) is 28.9 Å². The maximum Gasteiger partial charge on any atom is 0.259 e. The van der Waals surface area contributed by atoms with Gasteiger partial charge in [-0.2, -0.15) is 5.10 Å². The second-order valence-electron chi connectivity index (χ2n) is 6.12. The Morgan fingerprint density at radius 2 is 2.08 bits per heavy atom. The van der Waals surface area contributed by atoms with Crippen LogP contribution in [0.4, 0.5) is 0 Å². The molecule has 3 aromatic rings. The summed E-state index contributed by atoms with van der Waals surface area (Å²) in [6.07, 6.45) is 3.72. The highest BCUT2D eigenvalue weighted by Gasteiger charge is 2.11. The van der Waals surface area contributed by atoms with E-state index in [-0.39, 0.29) is 11.6 Å². The molecule has 2 heterocycles. The highest BCUT2D eigenvalue weighted by Crippen LogP contribution is 2.22. The van der Waals surface area contributed by atoms with Crippen molar-refractivity contribution < 1.29 is 0 Å². The zero-order valence-electron chi connectivity index (χ0n) is 14.1. The number of nitrogens with one attached hydrogen (secondary N) is 1. The molecule has 3 rings (SSSR count). The number of aromatic amines is 1. The Bertz CT molecular complexity index is 998. The van der Waals surface area contributed by atoms with Crippen molar-refractivity contribution in [2.45, 2.75) is 33.7 Å². The quantitative estimate of drug-likeness (QED) is 0.780. The fourth-order valence-electron chi connectivity index (χ4n) is 2.53. The summed E-state index contributed by atoms with van der Waals surface area (Å²) in [4.78, 5) is 19.5. The second-order valence-corrected chi connectivity index (χ2v) is 6.53. The molecule has 24 heavy (non-hydrogen) atoms. The molecule has 0 aliphatic rings. The van der Waals surface area contributed by atoms with Crippen molar-refractivity contribution in [1.29, 1.82) is 0 Å². The van der Waals surface area contributed by atoms with Crippen LogP contribution in [0.2, 0.25) is 0 Å². The summed E-state index contributed by atoms with van der Waals surface area (Å²) in [5, 5.41) is 5.40. The Kier molecular flexibility index (Phi) is 4.28. The lowest BCUT2D eigenvalue weighted by Gasteiger charge is -2.04. The molecule has 0 amide bonds. The van der Waals surface area contributed by atoms with E-state index >= 15 is 0 Å². The molecule has 0 fully saturated rings. The van der Waals surface area contributed by atoms with Gasteiger partial charge < -0.3 is 4.98 Å². The number of H-pyrrole nitrogens is 1. The zero-order valence-corrected chi connectivity index (χ0v) is 14.8. The minimum absolute atomic E-state index is 0.195. The topological polar surface area (TPSA) is 63.6 Å². The molecule has 0 aliphatic carbocycles. The smallest absolute Gasteiger partial charge is 0.259 e. The molecule has 5 nitrogen and oxygen atoms in total. The molecule has 124 valence electrons. The van der Waals surface area contributed by atoms with Gasteiger partial charge in [-0.15, -0.1) is 0 Å². The van der Waals surface area contributed by atoms with Crippen LogP contribution in [0.25, 0.3) is 22.0 Å². The normalized spacial score (nSPS) is 12.3. The Morgan fingerprint density at radius 1 is 1.33 bits per heavy atom. The number of fused-ring (bicyclic) bond motifs is 1. The van der Waals surface area contributed by atoms with Crippen LogP contribution in [0.5, 0.6) is 0 Å². The fraction of sp³-hybridized carbons (Fsp3) is 0.278. The third-order valence-corrected chi connectivity index (χ3v) is 4.22. The zero-order chi connectivity index (χ0) is 17.4. The van der Waals surface area contributed by atoms with Gasteiger partial charge in [-0.1, -0.05) is 23.7 Å². The van der Waals surface area contributed by atoms with E-state index < -0.39 is 0 Å². The first-order valence-electron chi connectivity index (χ1n) is 7.80. The minimum Gasteiger partial charge on any atom is -0.305 e. The number of hydrogen-bond donors (Lipinski definition) is 1. The molecule has 0 unspecified atom stereocenters. The molecule has 0 saturated carbocycles.